The summed E-state index contributed by atoms with van der Waals surface area (Å²) in [5, 5.41) is 2.47. The minimum atomic E-state index is -0.497. The van der Waals surface area contributed by atoms with Crippen LogP contribution >= 0.6 is 31.9 Å². The zero-order valence-electron chi connectivity index (χ0n) is 8.95. The lowest BCUT2D eigenvalue weighted by Gasteiger charge is -2.06. The average molecular weight is 374 g/mol. The van der Waals surface area contributed by atoms with Crippen molar-refractivity contribution >= 4 is 43.5 Å². The number of carbonyl (C=O) groups is 1. The lowest BCUT2D eigenvalue weighted by molar-refractivity contribution is 0.102. The molecule has 0 aliphatic carbocycles. The van der Waals surface area contributed by atoms with Gasteiger partial charge in [0.25, 0.3) is 5.91 Å². The Labute approximate surface area is 120 Å². The van der Waals surface area contributed by atoms with E-state index in [0.29, 0.717) is 4.47 Å². The molecule has 18 heavy (non-hydrogen) atoms. The van der Waals surface area contributed by atoms with Gasteiger partial charge in [-0.05, 0) is 46.3 Å². The fourth-order valence-corrected chi connectivity index (χ4v) is 1.89. The second-order valence-electron chi connectivity index (χ2n) is 3.44. The van der Waals surface area contributed by atoms with Crippen molar-refractivity contribution in [3.63, 3.8) is 0 Å². The molecular formula is C12H7Br2FN2O. The first kappa shape index (κ1) is 13.2. The predicted octanol–water partition coefficient (Wildman–Crippen LogP) is 4.00. The number of nitrogens with zero attached hydrogens (tertiary/aromatic N) is 1. The van der Waals surface area contributed by atoms with Crippen molar-refractivity contribution < 1.29 is 9.18 Å². The maximum absolute atomic E-state index is 13.4. The Morgan fingerprint density at radius 1 is 1.17 bits per heavy atom. The molecule has 0 bridgehead atoms. The van der Waals surface area contributed by atoms with Gasteiger partial charge in [-0.1, -0.05) is 15.9 Å². The number of pyridine rings is 1. The molecule has 1 N–H and O–H groups in total. The van der Waals surface area contributed by atoms with Crippen molar-refractivity contribution in [2.75, 3.05) is 5.32 Å². The Hall–Kier alpha value is -1.27. The van der Waals surface area contributed by atoms with E-state index in [4.69, 9.17) is 0 Å². The van der Waals surface area contributed by atoms with Crippen molar-refractivity contribution in [1.82, 2.24) is 4.98 Å². The van der Waals surface area contributed by atoms with Gasteiger partial charge in [0.1, 0.15) is 11.5 Å². The van der Waals surface area contributed by atoms with Crippen molar-refractivity contribution in [2.24, 2.45) is 0 Å². The zero-order valence-corrected chi connectivity index (χ0v) is 12.1. The summed E-state index contributed by atoms with van der Waals surface area (Å²) in [5.41, 5.74) is 0.330. The monoisotopic (exact) mass is 372 g/mol. The molecule has 6 heteroatoms. The van der Waals surface area contributed by atoms with E-state index in [2.05, 4.69) is 42.2 Å². The fourth-order valence-electron chi connectivity index (χ4n) is 1.29. The molecule has 0 aliphatic rings. The van der Waals surface area contributed by atoms with E-state index < -0.39 is 11.7 Å². The van der Waals surface area contributed by atoms with Gasteiger partial charge in [-0.15, -0.1) is 0 Å². The first-order valence-corrected chi connectivity index (χ1v) is 6.53. The topological polar surface area (TPSA) is 42.0 Å². The maximum atomic E-state index is 13.4. The summed E-state index contributed by atoms with van der Waals surface area (Å²) in [7, 11) is 0. The molecule has 1 heterocycles. The largest absolute Gasteiger partial charge is 0.318 e. The number of hydrogen-bond donors (Lipinski definition) is 1. The fraction of sp³-hybridized carbons (Fsp3) is 0. The van der Waals surface area contributed by atoms with Crippen LogP contribution in [-0.4, -0.2) is 10.9 Å². The highest BCUT2D eigenvalue weighted by Crippen LogP contribution is 2.20. The van der Waals surface area contributed by atoms with Gasteiger partial charge in [0.05, 0.1) is 5.69 Å². The van der Waals surface area contributed by atoms with Crippen molar-refractivity contribution in [3.8, 4) is 0 Å². The number of anilines is 1. The maximum Gasteiger partial charge on any atom is 0.274 e. The summed E-state index contributed by atoms with van der Waals surface area (Å²) in [6.07, 6.45) is 1.51. The van der Waals surface area contributed by atoms with Crippen LogP contribution in [0.15, 0.2) is 45.5 Å². The van der Waals surface area contributed by atoms with Gasteiger partial charge in [0, 0.05) is 15.1 Å². The first-order chi connectivity index (χ1) is 8.56. The molecule has 0 saturated heterocycles. The highest BCUT2D eigenvalue weighted by Gasteiger charge is 2.10. The molecule has 0 spiro atoms. The van der Waals surface area contributed by atoms with Crippen LogP contribution in [0.3, 0.4) is 0 Å². The molecule has 0 aliphatic heterocycles. The third-order valence-corrected chi connectivity index (χ3v) is 3.10. The number of aromatic nitrogens is 1. The molecule has 1 amide bonds. The highest BCUT2D eigenvalue weighted by atomic mass is 79.9. The van der Waals surface area contributed by atoms with Gasteiger partial charge < -0.3 is 5.32 Å². The second-order valence-corrected chi connectivity index (χ2v) is 5.27. The number of hydrogen-bond acceptors (Lipinski definition) is 2. The molecule has 0 atom stereocenters. The molecule has 3 nitrogen and oxygen atoms in total. The molecule has 0 unspecified atom stereocenters. The number of carbonyl (C=O) groups excluding carboxylic acids is 1. The minimum Gasteiger partial charge on any atom is -0.318 e. The number of nitrogens with one attached hydrogen (secondary N) is 1. The molecule has 0 saturated carbocycles. The van der Waals surface area contributed by atoms with E-state index in [1.807, 2.05) is 0 Å². The molecule has 2 aromatic rings. The van der Waals surface area contributed by atoms with Gasteiger partial charge in [0.2, 0.25) is 0 Å². The van der Waals surface area contributed by atoms with E-state index in [-0.39, 0.29) is 11.4 Å². The third-order valence-electron chi connectivity index (χ3n) is 2.14. The van der Waals surface area contributed by atoms with E-state index in [1.54, 1.807) is 18.2 Å². The Kier molecular flexibility index (Phi) is 4.08. The Bertz CT molecular complexity index is 587. The standard InChI is InChI=1S/C12H7Br2FN2O/c13-7-1-3-9(15)11(5-7)17-12(18)10-4-2-8(14)6-16-10/h1-6H,(H,17,18). The summed E-state index contributed by atoms with van der Waals surface area (Å²) in [6, 6.07) is 7.57. The quantitative estimate of drug-likeness (QED) is 0.864. The smallest absolute Gasteiger partial charge is 0.274 e. The normalized spacial score (nSPS) is 10.2. The molecule has 2 rings (SSSR count). The highest BCUT2D eigenvalue weighted by molar-refractivity contribution is 9.10. The van der Waals surface area contributed by atoms with Gasteiger partial charge >= 0.3 is 0 Å². The van der Waals surface area contributed by atoms with Crippen LogP contribution < -0.4 is 5.32 Å². The van der Waals surface area contributed by atoms with E-state index >= 15 is 0 Å². The molecule has 0 radical (unpaired) electrons. The summed E-state index contributed by atoms with van der Waals surface area (Å²) < 4.78 is 14.9. The van der Waals surface area contributed by atoms with E-state index in [0.717, 1.165) is 4.47 Å². The minimum absolute atomic E-state index is 0.110. The number of benzene rings is 1. The number of amides is 1. The lowest BCUT2D eigenvalue weighted by Crippen LogP contribution is -2.14. The molecule has 1 aromatic heterocycles. The van der Waals surface area contributed by atoms with Gasteiger partial charge in [0.15, 0.2) is 0 Å². The molecule has 92 valence electrons. The van der Waals surface area contributed by atoms with Crippen LogP contribution in [-0.2, 0) is 0 Å². The average Bonchev–Trinajstić information content (AvgIpc) is 2.34. The van der Waals surface area contributed by atoms with Crippen LogP contribution in [0.1, 0.15) is 10.5 Å². The van der Waals surface area contributed by atoms with Crippen LogP contribution in [0.2, 0.25) is 0 Å². The second kappa shape index (κ2) is 5.58. The summed E-state index contributed by atoms with van der Waals surface area (Å²) in [4.78, 5) is 15.8. The predicted molar refractivity (Wildman–Crippen MR) is 74.0 cm³/mol. The number of halogens is 3. The number of rotatable bonds is 2. The van der Waals surface area contributed by atoms with Crippen molar-refractivity contribution in [3.05, 3.63) is 57.0 Å². The van der Waals surface area contributed by atoms with E-state index in [9.17, 15) is 9.18 Å². The SMILES string of the molecule is O=C(Nc1cc(Br)ccc1F)c1ccc(Br)cn1. The lowest BCUT2D eigenvalue weighted by atomic mass is 10.3. The van der Waals surface area contributed by atoms with Crippen LogP contribution in [0.25, 0.3) is 0 Å². The first-order valence-electron chi connectivity index (χ1n) is 4.94. The van der Waals surface area contributed by atoms with Gasteiger partial charge in [-0.2, -0.15) is 0 Å². The Morgan fingerprint density at radius 2 is 1.89 bits per heavy atom. The van der Waals surface area contributed by atoms with Gasteiger partial charge in [-0.25, -0.2) is 9.37 Å². The Balaban J connectivity index is 2.21. The van der Waals surface area contributed by atoms with Crippen LogP contribution in [0.5, 0.6) is 0 Å². The van der Waals surface area contributed by atoms with Crippen LogP contribution in [0, 0.1) is 5.82 Å². The van der Waals surface area contributed by atoms with Crippen LogP contribution in [0.4, 0.5) is 10.1 Å². The van der Waals surface area contributed by atoms with E-state index in [1.165, 1.54) is 18.3 Å². The van der Waals surface area contributed by atoms with Crippen molar-refractivity contribution in [2.45, 2.75) is 0 Å². The zero-order chi connectivity index (χ0) is 13.1. The molecule has 1 aromatic carbocycles. The van der Waals surface area contributed by atoms with Crippen molar-refractivity contribution in [1.29, 1.82) is 0 Å². The Morgan fingerprint density at radius 3 is 2.56 bits per heavy atom. The molecular weight excluding hydrogens is 367 g/mol. The third kappa shape index (κ3) is 3.14. The van der Waals surface area contributed by atoms with Gasteiger partial charge in [-0.3, -0.25) is 4.79 Å². The molecule has 0 fully saturated rings. The summed E-state index contributed by atoms with van der Waals surface area (Å²) >= 11 is 6.43. The summed E-state index contributed by atoms with van der Waals surface area (Å²) in [6.45, 7) is 0. The summed E-state index contributed by atoms with van der Waals surface area (Å²) in [5.74, 6) is -0.955.